The topological polar surface area (TPSA) is 75.6 Å². The lowest BCUT2D eigenvalue weighted by Gasteiger charge is -2.17. The Bertz CT molecular complexity index is 478. The summed E-state index contributed by atoms with van der Waals surface area (Å²) in [5, 5.41) is 12.2. The lowest BCUT2D eigenvalue weighted by atomic mass is 10.1. The molecule has 0 aliphatic rings. The summed E-state index contributed by atoms with van der Waals surface area (Å²) >= 11 is 0. The monoisotopic (exact) mass is 261 g/mol. The summed E-state index contributed by atoms with van der Waals surface area (Å²) in [6, 6.07) is 7.43. The second kappa shape index (κ2) is 7.19. The molecule has 100 valence electrons. The fourth-order valence-electron chi connectivity index (χ4n) is 1.49. The Balaban J connectivity index is 2.72. The van der Waals surface area contributed by atoms with Gasteiger partial charge in [0.25, 0.3) is 5.91 Å². The predicted octanol–water partition coefficient (Wildman–Crippen LogP) is 0.401. The van der Waals surface area contributed by atoms with Crippen LogP contribution < -0.4 is 5.32 Å². The maximum Gasteiger partial charge on any atom is 0.329 e. The average Bonchev–Trinajstić information content (AvgIpc) is 2.46. The number of aliphatic hydroxyl groups excluding tert-OH is 1. The molecule has 5 nitrogen and oxygen atoms in total. The highest BCUT2D eigenvalue weighted by molar-refractivity contribution is 5.87. The number of ether oxygens (including phenoxy) is 1. The third kappa shape index (κ3) is 4.12. The summed E-state index contributed by atoms with van der Waals surface area (Å²) < 4.78 is 4.52. The number of esters is 1. The molecule has 0 unspecified atom stereocenters. The van der Waals surface area contributed by atoms with Gasteiger partial charge in [0.15, 0.2) is 6.10 Å². The molecule has 0 radical (unpaired) electrons. The number of nitrogens with one attached hydrogen (secondary N) is 1. The first-order valence-corrected chi connectivity index (χ1v) is 5.64. The van der Waals surface area contributed by atoms with Crippen LogP contribution in [0.4, 0.5) is 0 Å². The van der Waals surface area contributed by atoms with Crippen LogP contribution in [-0.4, -0.2) is 30.1 Å². The number of amides is 1. The Morgan fingerprint density at radius 1 is 1.42 bits per heavy atom. The molecule has 0 spiro atoms. The van der Waals surface area contributed by atoms with E-state index in [1.165, 1.54) is 7.11 Å². The molecule has 0 heterocycles. The van der Waals surface area contributed by atoms with Crippen LogP contribution >= 0.6 is 0 Å². The lowest BCUT2D eigenvalue weighted by molar-refractivity contribution is -0.146. The number of carbonyl (C=O) groups excluding carboxylic acids is 2. The molecule has 1 amide bonds. The second-order valence-corrected chi connectivity index (χ2v) is 3.81. The Morgan fingerprint density at radius 2 is 2.05 bits per heavy atom. The van der Waals surface area contributed by atoms with Crippen LogP contribution in [0.3, 0.4) is 0 Å². The minimum atomic E-state index is -1.36. The van der Waals surface area contributed by atoms with Gasteiger partial charge >= 0.3 is 5.97 Å². The van der Waals surface area contributed by atoms with E-state index in [0.29, 0.717) is 5.56 Å². The quantitative estimate of drug-likeness (QED) is 0.594. The van der Waals surface area contributed by atoms with E-state index in [2.05, 4.69) is 16.0 Å². The number of carbonyl (C=O) groups is 2. The highest BCUT2D eigenvalue weighted by atomic mass is 16.5. The fourth-order valence-corrected chi connectivity index (χ4v) is 1.49. The van der Waals surface area contributed by atoms with Crippen molar-refractivity contribution >= 4 is 11.9 Å². The van der Waals surface area contributed by atoms with E-state index in [9.17, 15) is 14.7 Å². The SMILES string of the molecule is C#CC[C@H](NC(=O)[C@@H](O)c1ccccc1)C(=O)OC. The van der Waals surface area contributed by atoms with Crippen molar-refractivity contribution in [3.63, 3.8) is 0 Å². The minimum Gasteiger partial charge on any atom is -0.467 e. The zero-order chi connectivity index (χ0) is 14.3. The van der Waals surface area contributed by atoms with Gasteiger partial charge in [0.05, 0.1) is 7.11 Å². The number of hydrogen-bond acceptors (Lipinski definition) is 4. The van der Waals surface area contributed by atoms with Crippen molar-refractivity contribution < 1.29 is 19.4 Å². The molecule has 0 aromatic heterocycles. The van der Waals surface area contributed by atoms with Gasteiger partial charge in [0.1, 0.15) is 6.04 Å². The van der Waals surface area contributed by atoms with Crippen LogP contribution in [-0.2, 0) is 14.3 Å². The summed E-state index contributed by atoms with van der Waals surface area (Å²) in [6.07, 6.45) is 3.76. The molecular formula is C14H15NO4. The molecular weight excluding hydrogens is 246 g/mol. The van der Waals surface area contributed by atoms with E-state index < -0.39 is 24.0 Å². The van der Waals surface area contributed by atoms with Crippen LogP contribution in [0.1, 0.15) is 18.1 Å². The summed E-state index contributed by atoms with van der Waals surface area (Å²) in [5.41, 5.74) is 0.435. The van der Waals surface area contributed by atoms with E-state index in [1.54, 1.807) is 30.3 Å². The highest BCUT2D eigenvalue weighted by Crippen LogP contribution is 2.12. The first-order valence-electron chi connectivity index (χ1n) is 5.64. The maximum atomic E-state index is 11.8. The van der Waals surface area contributed by atoms with Gasteiger partial charge in [0, 0.05) is 6.42 Å². The largest absolute Gasteiger partial charge is 0.467 e. The summed E-state index contributed by atoms with van der Waals surface area (Å²) in [5.74, 6) is 0.926. The summed E-state index contributed by atoms with van der Waals surface area (Å²) in [4.78, 5) is 23.2. The van der Waals surface area contributed by atoms with Crippen molar-refractivity contribution in [3.05, 3.63) is 35.9 Å². The van der Waals surface area contributed by atoms with E-state index in [4.69, 9.17) is 6.42 Å². The molecule has 1 aromatic rings. The standard InChI is InChI=1S/C14H15NO4/c1-3-7-11(14(18)19-2)15-13(17)12(16)10-8-5-4-6-9-10/h1,4-6,8-9,11-12,16H,7H2,2H3,(H,15,17)/t11-,12-/m0/s1. The molecule has 2 atom stereocenters. The number of methoxy groups -OCH3 is 1. The van der Waals surface area contributed by atoms with Crippen LogP contribution in [0.25, 0.3) is 0 Å². The number of benzene rings is 1. The number of terminal acetylenes is 1. The van der Waals surface area contributed by atoms with Crippen LogP contribution in [0.2, 0.25) is 0 Å². The molecule has 0 saturated heterocycles. The number of aliphatic hydroxyl groups is 1. The van der Waals surface area contributed by atoms with E-state index in [0.717, 1.165) is 0 Å². The average molecular weight is 261 g/mol. The molecule has 0 aliphatic heterocycles. The summed E-state index contributed by atoms with van der Waals surface area (Å²) in [7, 11) is 1.20. The van der Waals surface area contributed by atoms with Crippen molar-refractivity contribution in [1.82, 2.24) is 5.32 Å². The Hall–Kier alpha value is -2.32. The third-order valence-electron chi connectivity index (χ3n) is 2.49. The fraction of sp³-hybridized carbons (Fsp3) is 0.286. The van der Waals surface area contributed by atoms with Gasteiger partial charge in [-0.1, -0.05) is 30.3 Å². The zero-order valence-corrected chi connectivity index (χ0v) is 10.5. The van der Waals surface area contributed by atoms with Gasteiger partial charge in [-0.3, -0.25) is 4.79 Å². The molecule has 19 heavy (non-hydrogen) atoms. The maximum absolute atomic E-state index is 11.8. The van der Waals surface area contributed by atoms with Crippen LogP contribution in [0.15, 0.2) is 30.3 Å². The van der Waals surface area contributed by atoms with Crippen molar-refractivity contribution in [1.29, 1.82) is 0 Å². The van der Waals surface area contributed by atoms with E-state index >= 15 is 0 Å². The summed E-state index contributed by atoms with van der Waals surface area (Å²) in [6.45, 7) is 0. The zero-order valence-electron chi connectivity index (χ0n) is 10.5. The smallest absolute Gasteiger partial charge is 0.329 e. The molecule has 0 saturated carbocycles. The normalized spacial score (nSPS) is 12.9. The molecule has 5 heteroatoms. The van der Waals surface area contributed by atoms with Crippen molar-refractivity contribution in [2.24, 2.45) is 0 Å². The molecule has 1 rings (SSSR count). The predicted molar refractivity (Wildman–Crippen MR) is 68.8 cm³/mol. The van der Waals surface area contributed by atoms with E-state index in [1.807, 2.05) is 0 Å². The molecule has 2 N–H and O–H groups in total. The first-order chi connectivity index (χ1) is 9.10. The van der Waals surface area contributed by atoms with Gasteiger partial charge in [-0.15, -0.1) is 12.3 Å². The molecule has 0 aliphatic carbocycles. The van der Waals surface area contributed by atoms with Crippen molar-refractivity contribution in [2.75, 3.05) is 7.11 Å². The third-order valence-corrected chi connectivity index (χ3v) is 2.49. The van der Waals surface area contributed by atoms with Crippen LogP contribution in [0.5, 0.6) is 0 Å². The minimum absolute atomic E-state index is 0.0000764. The van der Waals surface area contributed by atoms with Gasteiger partial charge in [-0.25, -0.2) is 4.79 Å². The van der Waals surface area contributed by atoms with Crippen molar-refractivity contribution in [2.45, 2.75) is 18.6 Å². The van der Waals surface area contributed by atoms with Gasteiger partial charge < -0.3 is 15.2 Å². The Morgan fingerprint density at radius 3 is 2.58 bits per heavy atom. The van der Waals surface area contributed by atoms with Gasteiger partial charge in [-0.05, 0) is 5.56 Å². The lowest BCUT2D eigenvalue weighted by Crippen LogP contribution is -2.43. The number of hydrogen-bond donors (Lipinski definition) is 2. The van der Waals surface area contributed by atoms with Crippen molar-refractivity contribution in [3.8, 4) is 12.3 Å². The van der Waals surface area contributed by atoms with E-state index in [-0.39, 0.29) is 6.42 Å². The Kier molecular flexibility index (Phi) is 5.58. The molecule has 0 bridgehead atoms. The molecule has 1 aromatic carbocycles. The second-order valence-electron chi connectivity index (χ2n) is 3.81. The number of rotatable bonds is 5. The highest BCUT2D eigenvalue weighted by Gasteiger charge is 2.25. The molecule has 0 fully saturated rings. The Labute approximate surface area is 111 Å². The van der Waals surface area contributed by atoms with Gasteiger partial charge in [0.2, 0.25) is 0 Å². The van der Waals surface area contributed by atoms with Gasteiger partial charge in [-0.2, -0.15) is 0 Å². The first kappa shape index (κ1) is 14.7. The van der Waals surface area contributed by atoms with Crippen LogP contribution in [0, 0.1) is 12.3 Å².